The normalized spacial score (nSPS) is 19.5. The number of rotatable bonds is 7. The summed E-state index contributed by atoms with van der Waals surface area (Å²) < 4.78 is 0. The first-order valence-corrected chi connectivity index (χ1v) is 5.73. The maximum absolute atomic E-state index is 3.51. The molecule has 1 aliphatic rings. The van der Waals surface area contributed by atoms with Crippen LogP contribution in [0, 0.1) is 5.92 Å². The Balaban J connectivity index is 1.89. The van der Waals surface area contributed by atoms with Crippen molar-refractivity contribution in [2.75, 3.05) is 6.54 Å². The molecule has 0 amide bonds. The van der Waals surface area contributed by atoms with Gasteiger partial charge in [0.05, 0.1) is 0 Å². The van der Waals surface area contributed by atoms with Gasteiger partial charge in [-0.05, 0) is 38.1 Å². The van der Waals surface area contributed by atoms with E-state index in [2.05, 4.69) is 31.3 Å². The van der Waals surface area contributed by atoms with Crippen molar-refractivity contribution in [1.82, 2.24) is 5.32 Å². The zero-order chi connectivity index (χ0) is 9.52. The number of nitrogens with one attached hydrogen (secondary N) is 1. The number of allylic oxidation sites excluding steroid dienone is 1. The van der Waals surface area contributed by atoms with E-state index < -0.39 is 0 Å². The summed E-state index contributed by atoms with van der Waals surface area (Å²) >= 11 is 0. The Labute approximate surface area is 82.6 Å². The third-order valence-electron chi connectivity index (χ3n) is 2.53. The van der Waals surface area contributed by atoms with Crippen LogP contribution in [-0.2, 0) is 0 Å². The van der Waals surface area contributed by atoms with Gasteiger partial charge in [0.2, 0.25) is 0 Å². The van der Waals surface area contributed by atoms with Crippen LogP contribution < -0.4 is 5.32 Å². The first-order valence-electron chi connectivity index (χ1n) is 5.73. The van der Waals surface area contributed by atoms with Gasteiger partial charge >= 0.3 is 0 Å². The van der Waals surface area contributed by atoms with Crippen LogP contribution in [0.5, 0.6) is 0 Å². The highest BCUT2D eigenvalue weighted by Crippen LogP contribution is 2.18. The van der Waals surface area contributed by atoms with Crippen molar-refractivity contribution in [1.29, 1.82) is 0 Å². The van der Waals surface area contributed by atoms with Crippen LogP contribution in [0.3, 0.4) is 0 Å². The fourth-order valence-electron chi connectivity index (χ4n) is 1.54. The van der Waals surface area contributed by atoms with Crippen molar-refractivity contribution in [3.05, 3.63) is 12.2 Å². The summed E-state index contributed by atoms with van der Waals surface area (Å²) in [5.41, 5.74) is 0. The van der Waals surface area contributed by atoms with Crippen LogP contribution >= 0.6 is 0 Å². The summed E-state index contributed by atoms with van der Waals surface area (Å²) in [4.78, 5) is 0. The molecule has 0 aromatic heterocycles. The van der Waals surface area contributed by atoms with Crippen molar-refractivity contribution in [2.45, 2.75) is 52.0 Å². The molecule has 0 spiro atoms. The molecule has 0 aromatic carbocycles. The molecule has 0 bridgehead atoms. The molecule has 76 valence electrons. The molecule has 0 radical (unpaired) electrons. The highest BCUT2D eigenvalue weighted by Gasteiger charge is 2.19. The van der Waals surface area contributed by atoms with Gasteiger partial charge in [0.15, 0.2) is 0 Å². The van der Waals surface area contributed by atoms with Crippen molar-refractivity contribution < 1.29 is 0 Å². The number of hydrogen-bond acceptors (Lipinski definition) is 1. The molecule has 0 saturated heterocycles. The molecule has 1 fully saturated rings. The van der Waals surface area contributed by atoms with Crippen LogP contribution in [0.2, 0.25) is 0 Å². The van der Waals surface area contributed by atoms with E-state index in [0.29, 0.717) is 0 Å². The average molecular weight is 181 g/mol. The fraction of sp³-hybridized carbons (Fsp3) is 0.833. The SMILES string of the molecule is CCCC(C)/C=C/CCNC1CC1. The van der Waals surface area contributed by atoms with Crippen molar-refractivity contribution in [2.24, 2.45) is 5.92 Å². The van der Waals surface area contributed by atoms with Gasteiger partial charge in [-0.2, -0.15) is 0 Å². The van der Waals surface area contributed by atoms with Gasteiger partial charge in [-0.15, -0.1) is 0 Å². The predicted octanol–water partition coefficient (Wildman–Crippen LogP) is 3.12. The third kappa shape index (κ3) is 5.87. The van der Waals surface area contributed by atoms with E-state index in [9.17, 15) is 0 Å². The minimum atomic E-state index is 0.769. The third-order valence-corrected chi connectivity index (χ3v) is 2.53. The molecule has 0 heterocycles. The summed E-state index contributed by atoms with van der Waals surface area (Å²) in [6.07, 6.45) is 11.3. The zero-order valence-corrected chi connectivity index (χ0v) is 9.05. The second-order valence-corrected chi connectivity index (χ2v) is 4.21. The molecule has 1 N–H and O–H groups in total. The lowest BCUT2D eigenvalue weighted by atomic mass is 10.1. The smallest absolute Gasteiger partial charge is 0.00683 e. The lowest BCUT2D eigenvalue weighted by Crippen LogP contribution is -2.16. The highest BCUT2D eigenvalue weighted by molar-refractivity contribution is 4.88. The Morgan fingerprint density at radius 1 is 1.46 bits per heavy atom. The van der Waals surface area contributed by atoms with Crippen LogP contribution in [-0.4, -0.2) is 12.6 Å². The molecule has 1 atom stereocenters. The van der Waals surface area contributed by atoms with Gasteiger partial charge in [0.1, 0.15) is 0 Å². The molecule has 1 nitrogen and oxygen atoms in total. The highest BCUT2D eigenvalue weighted by atomic mass is 14.9. The topological polar surface area (TPSA) is 12.0 Å². The minimum absolute atomic E-state index is 0.769. The maximum atomic E-state index is 3.51. The van der Waals surface area contributed by atoms with Gasteiger partial charge in [0, 0.05) is 6.04 Å². The monoisotopic (exact) mass is 181 g/mol. The lowest BCUT2D eigenvalue weighted by molar-refractivity contribution is 0.629. The largest absolute Gasteiger partial charge is 0.314 e. The average Bonchev–Trinajstić information content (AvgIpc) is 2.88. The standard InChI is InChI=1S/C12H23N/c1-3-6-11(2)7-4-5-10-13-12-8-9-12/h4,7,11-13H,3,5-6,8-10H2,1-2H3/b7-4+. The van der Waals surface area contributed by atoms with Gasteiger partial charge in [-0.3, -0.25) is 0 Å². The lowest BCUT2D eigenvalue weighted by Gasteiger charge is -2.02. The molecule has 1 rings (SSSR count). The molecule has 1 aliphatic carbocycles. The number of hydrogen-bond donors (Lipinski definition) is 1. The summed E-state index contributed by atoms with van der Waals surface area (Å²) in [5, 5.41) is 3.51. The van der Waals surface area contributed by atoms with Crippen LogP contribution in [0.4, 0.5) is 0 Å². The van der Waals surface area contributed by atoms with E-state index in [1.54, 1.807) is 0 Å². The summed E-state index contributed by atoms with van der Waals surface area (Å²) in [6, 6.07) is 0.862. The Kier molecular flexibility index (Phi) is 5.14. The quantitative estimate of drug-likeness (QED) is 0.470. The van der Waals surface area contributed by atoms with E-state index >= 15 is 0 Å². The van der Waals surface area contributed by atoms with Crippen LogP contribution in [0.1, 0.15) is 46.0 Å². The maximum Gasteiger partial charge on any atom is 0.00683 e. The van der Waals surface area contributed by atoms with E-state index in [4.69, 9.17) is 0 Å². The van der Waals surface area contributed by atoms with Crippen molar-refractivity contribution in [3.63, 3.8) is 0 Å². The van der Waals surface area contributed by atoms with Crippen molar-refractivity contribution >= 4 is 0 Å². The fourth-order valence-corrected chi connectivity index (χ4v) is 1.54. The minimum Gasteiger partial charge on any atom is -0.314 e. The van der Waals surface area contributed by atoms with Crippen LogP contribution in [0.15, 0.2) is 12.2 Å². The van der Waals surface area contributed by atoms with E-state index in [0.717, 1.165) is 12.0 Å². The van der Waals surface area contributed by atoms with Gasteiger partial charge in [-0.25, -0.2) is 0 Å². The molecular formula is C12H23N. The van der Waals surface area contributed by atoms with Gasteiger partial charge in [0.25, 0.3) is 0 Å². The van der Waals surface area contributed by atoms with Crippen LogP contribution in [0.25, 0.3) is 0 Å². The molecule has 0 aromatic rings. The Hall–Kier alpha value is -0.300. The van der Waals surface area contributed by atoms with Crippen molar-refractivity contribution in [3.8, 4) is 0 Å². The molecular weight excluding hydrogens is 158 g/mol. The van der Waals surface area contributed by atoms with E-state index in [1.165, 1.54) is 38.6 Å². The summed E-state index contributed by atoms with van der Waals surface area (Å²) in [7, 11) is 0. The summed E-state index contributed by atoms with van der Waals surface area (Å²) in [6.45, 7) is 5.72. The first-order chi connectivity index (χ1) is 6.33. The molecule has 13 heavy (non-hydrogen) atoms. The zero-order valence-electron chi connectivity index (χ0n) is 9.05. The Morgan fingerprint density at radius 2 is 2.23 bits per heavy atom. The van der Waals surface area contributed by atoms with E-state index in [1.807, 2.05) is 0 Å². The molecule has 0 aliphatic heterocycles. The van der Waals surface area contributed by atoms with Gasteiger partial charge < -0.3 is 5.32 Å². The second-order valence-electron chi connectivity index (χ2n) is 4.21. The molecule has 1 unspecified atom stereocenters. The Morgan fingerprint density at radius 3 is 2.85 bits per heavy atom. The van der Waals surface area contributed by atoms with E-state index in [-0.39, 0.29) is 0 Å². The van der Waals surface area contributed by atoms with Gasteiger partial charge in [-0.1, -0.05) is 32.4 Å². The summed E-state index contributed by atoms with van der Waals surface area (Å²) in [5.74, 6) is 0.769. The second kappa shape index (κ2) is 6.20. The molecule has 1 saturated carbocycles. The molecule has 1 heteroatoms. The predicted molar refractivity (Wildman–Crippen MR) is 58.9 cm³/mol. The Bertz CT molecular complexity index is 147. The first kappa shape index (κ1) is 10.8.